The molecule has 11 nitrogen and oxygen atoms in total. The number of nitrogens with two attached hydrogens (primary N) is 1. The second kappa shape index (κ2) is 9.39. The summed E-state index contributed by atoms with van der Waals surface area (Å²) in [7, 11) is 0. The summed E-state index contributed by atoms with van der Waals surface area (Å²) in [6.07, 6.45) is -0.999. The molecule has 1 rings (SSSR count). The number of aromatic carboxylic acids is 1. The molecule has 0 saturated carbocycles. The summed E-state index contributed by atoms with van der Waals surface area (Å²) in [5.74, 6) is -2.38. The summed E-state index contributed by atoms with van der Waals surface area (Å²) in [4.78, 5) is 37.0. The first-order valence-electron chi connectivity index (χ1n) is 7.15. The molecular weight excluding hydrogens is 340 g/mol. The first-order valence-corrected chi connectivity index (χ1v) is 7.15. The van der Waals surface area contributed by atoms with Crippen LogP contribution < -0.4 is 15.2 Å². The van der Waals surface area contributed by atoms with Crippen molar-refractivity contribution in [3.05, 3.63) is 33.9 Å². The summed E-state index contributed by atoms with van der Waals surface area (Å²) < 4.78 is 10.3. The number of rotatable bonds is 10. The topological polar surface area (TPSA) is 171 Å². The summed E-state index contributed by atoms with van der Waals surface area (Å²) in [6, 6.07) is 2.25. The average Bonchev–Trinajstić information content (AvgIpc) is 2.54. The Morgan fingerprint density at radius 3 is 2.56 bits per heavy atom. The van der Waals surface area contributed by atoms with Crippen LogP contribution in [0, 0.1) is 10.1 Å². The minimum atomic E-state index is -1.32. The van der Waals surface area contributed by atoms with Gasteiger partial charge in [-0.15, -0.1) is 10.1 Å². The molecule has 0 heterocycles. The Hall–Kier alpha value is -2.92. The number of aliphatic hydroxyl groups excluding tert-OH is 1. The van der Waals surface area contributed by atoms with Gasteiger partial charge in [-0.3, -0.25) is 0 Å². The highest BCUT2D eigenvalue weighted by Crippen LogP contribution is 2.29. The van der Waals surface area contributed by atoms with Crippen LogP contribution in [0.5, 0.6) is 11.5 Å². The molecule has 0 saturated heterocycles. The van der Waals surface area contributed by atoms with Gasteiger partial charge >= 0.3 is 11.9 Å². The van der Waals surface area contributed by atoms with E-state index in [0.717, 1.165) is 6.07 Å². The van der Waals surface area contributed by atoms with Gasteiger partial charge in [0.1, 0.15) is 6.04 Å². The zero-order valence-corrected chi connectivity index (χ0v) is 13.3. The van der Waals surface area contributed by atoms with E-state index in [2.05, 4.69) is 4.84 Å². The molecule has 0 spiro atoms. The number of benzene rings is 1. The highest BCUT2D eigenvalue weighted by molar-refractivity contribution is 5.89. The highest BCUT2D eigenvalue weighted by atomic mass is 16.9. The maximum Gasteiger partial charge on any atom is 0.335 e. The Kier molecular flexibility index (Phi) is 7.56. The smallest absolute Gasteiger partial charge is 0.335 e. The van der Waals surface area contributed by atoms with Gasteiger partial charge in [0.05, 0.1) is 24.9 Å². The lowest BCUT2D eigenvalue weighted by Gasteiger charge is -2.16. The molecule has 2 atom stereocenters. The molecule has 0 fully saturated rings. The van der Waals surface area contributed by atoms with E-state index < -0.39 is 29.2 Å². The largest absolute Gasteiger partial charge is 0.490 e. The quantitative estimate of drug-likeness (QED) is 0.170. The minimum absolute atomic E-state index is 0.00668. The maximum atomic E-state index is 11.8. The fourth-order valence-electron chi connectivity index (χ4n) is 1.59. The molecule has 11 heteroatoms. The molecule has 4 N–H and O–H groups in total. The number of ether oxygens (including phenoxy) is 2. The summed E-state index contributed by atoms with van der Waals surface area (Å²) in [5.41, 5.74) is 5.31. The molecule has 0 aliphatic carbocycles. The second-order valence-corrected chi connectivity index (χ2v) is 4.91. The Morgan fingerprint density at radius 1 is 1.32 bits per heavy atom. The van der Waals surface area contributed by atoms with Crippen LogP contribution in [-0.2, 0) is 9.63 Å². The zero-order chi connectivity index (χ0) is 19.0. The molecule has 0 unspecified atom stereocenters. The van der Waals surface area contributed by atoms with Gasteiger partial charge in [0, 0.05) is 6.42 Å². The third kappa shape index (κ3) is 6.61. The fourth-order valence-corrected chi connectivity index (χ4v) is 1.59. The predicted molar refractivity (Wildman–Crippen MR) is 81.8 cm³/mol. The lowest BCUT2D eigenvalue weighted by atomic mass is 10.2. The normalized spacial score (nSPS) is 12.8. The van der Waals surface area contributed by atoms with Crippen molar-refractivity contribution in [2.24, 2.45) is 5.73 Å². The van der Waals surface area contributed by atoms with E-state index in [-0.39, 0.29) is 36.7 Å². The number of nitrogens with zero attached hydrogens (tertiary/aromatic N) is 1. The first kappa shape index (κ1) is 20.1. The predicted octanol–water partition coefficient (Wildman–Crippen LogP) is -0.0245. The van der Waals surface area contributed by atoms with E-state index in [1.165, 1.54) is 19.1 Å². The molecule has 25 heavy (non-hydrogen) atoms. The number of carbonyl (C=O) groups excluding carboxylic acids is 1. The standard InChI is InChI=1S/C14H18N2O9/c1-8(17)12(15)14(20)25-11-7-9(13(18)19)3-4-10(11)23-5-2-6-24-16(21)22/h3-4,7-8,12,17H,2,5-6,15H2,1H3,(H,18,19)/t8-,12+/m1/s1. The monoisotopic (exact) mass is 358 g/mol. The molecular formula is C14H18N2O9. The van der Waals surface area contributed by atoms with Crippen molar-refractivity contribution in [2.45, 2.75) is 25.5 Å². The van der Waals surface area contributed by atoms with Gasteiger partial charge < -0.3 is 30.3 Å². The van der Waals surface area contributed by atoms with Crippen molar-refractivity contribution in [1.29, 1.82) is 0 Å². The van der Waals surface area contributed by atoms with Crippen molar-refractivity contribution in [1.82, 2.24) is 0 Å². The summed E-state index contributed by atoms with van der Waals surface area (Å²) in [6.45, 7) is 1.10. The molecule has 0 aliphatic rings. The van der Waals surface area contributed by atoms with Crippen LogP contribution in [0.4, 0.5) is 0 Å². The Bertz CT molecular complexity index is 633. The molecule has 1 aromatic rings. The zero-order valence-electron chi connectivity index (χ0n) is 13.3. The third-order valence-corrected chi connectivity index (χ3v) is 2.94. The van der Waals surface area contributed by atoms with Gasteiger partial charge in [0.25, 0.3) is 5.09 Å². The van der Waals surface area contributed by atoms with Gasteiger partial charge in [-0.05, 0) is 25.1 Å². The maximum absolute atomic E-state index is 11.8. The van der Waals surface area contributed by atoms with Crippen molar-refractivity contribution in [2.75, 3.05) is 13.2 Å². The molecule has 0 amide bonds. The van der Waals surface area contributed by atoms with Gasteiger partial charge in [-0.25, -0.2) is 9.59 Å². The van der Waals surface area contributed by atoms with Gasteiger partial charge in [0.15, 0.2) is 11.5 Å². The number of carboxylic acid groups (broad SMARTS) is 1. The van der Waals surface area contributed by atoms with E-state index in [0.29, 0.717) is 0 Å². The second-order valence-electron chi connectivity index (χ2n) is 4.91. The first-order chi connectivity index (χ1) is 11.7. The van der Waals surface area contributed by atoms with E-state index >= 15 is 0 Å². The number of hydrogen-bond acceptors (Lipinski definition) is 9. The van der Waals surface area contributed by atoms with Crippen LogP contribution in [0.2, 0.25) is 0 Å². The summed E-state index contributed by atoms with van der Waals surface area (Å²) in [5, 5.41) is 27.4. The van der Waals surface area contributed by atoms with Gasteiger partial charge in [0.2, 0.25) is 0 Å². The van der Waals surface area contributed by atoms with Gasteiger partial charge in [-0.1, -0.05) is 0 Å². The van der Waals surface area contributed by atoms with E-state index in [4.69, 9.17) is 20.3 Å². The highest BCUT2D eigenvalue weighted by Gasteiger charge is 2.23. The lowest BCUT2D eigenvalue weighted by Crippen LogP contribution is -2.42. The van der Waals surface area contributed by atoms with E-state index in [1.807, 2.05) is 0 Å². The van der Waals surface area contributed by atoms with Crippen LogP contribution in [-0.4, -0.2) is 52.6 Å². The average molecular weight is 358 g/mol. The molecule has 0 bridgehead atoms. The lowest BCUT2D eigenvalue weighted by molar-refractivity contribution is -0.757. The van der Waals surface area contributed by atoms with Crippen LogP contribution in [0.25, 0.3) is 0 Å². The molecule has 0 aromatic heterocycles. The Morgan fingerprint density at radius 2 is 2.00 bits per heavy atom. The van der Waals surface area contributed by atoms with Crippen LogP contribution >= 0.6 is 0 Å². The van der Waals surface area contributed by atoms with Crippen molar-refractivity contribution in [3.8, 4) is 11.5 Å². The Balaban J connectivity index is 2.83. The van der Waals surface area contributed by atoms with E-state index in [1.54, 1.807) is 0 Å². The number of carbonyl (C=O) groups is 2. The molecule has 0 radical (unpaired) electrons. The van der Waals surface area contributed by atoms with Crippen LogP contribution in [0.1, 0.15) is 23.7 Å². The van der Waals surface area contributed by atoms with Gasteiger partial charge in [-0.2, -0.15) is 0 Å². The third-order valence-electron chi connectivity index (χ3n) is 2.94. The fraction of sp³-hybridized carbons (Fsp3) is 0.429. The minimum Gasteiger partial charge on any atom is -0.490 e. The van der Waals surface area contributed by atoms with Crippen molar-refractivity contribution in [3.63, 3.8) is 0 Å². The molecule has 0 aliphatic heterocycles. The van der Waals surface area contributed by atoms with E-state index in [9.17, 15) is 24.8 Å². The number of esters is 1. The SMILES string of the molecule is C[C@@H](O)[C@H](N)C(=O)Oc1cc(C(=O)O)ccc1OCCCO[N+](=O)[O-]. The van der Waals surface area contributed by atoms with Crippen LogP contribution in [0.15, 0.2) is 18.2 Å². The number of carboxylic acids is 1. The van der Waals surface area contributed by atoms with Crippen LogP contribution in [0.3, 0.4) is 0 Å². The number of hydrogen-bond donors (Lipinski definition) is 3. The Labute approximate surface area is 142 Å². The summed E-state index contributed by atoms with van der Waals surface area (Å²) >= 11 is 0. The molecule has 138 valence electrons. The number of aliphatic hydroxyl groups is 1. The molecule has 1 aromatic carbocycles. The van der Waals surface area contributed by atoms with Crippen molar-refractivity contribution >= 4 is 11.9 Å². The van der Waals surface area contributed by atoms with Crippen molar-refractivity contribution < 1.29 is 39.2 Å².